The lowest BCUT2D eigenvalue weighted by atomic mass is 10.1. The minimum absolute atomic E-state index is 0.0117. The molecule has 0 bridgehead atoms. The second-order valence-corrected chi connectivity index (χ2v) is 6.91. The molecule has 0 aliphatic heterocycles. The summed E-state index contributed by atoms with van der Waals surface area (Å²) in [4.78, 5) is 27.7. The molecule has 1 aromatic carbocycles. The summed E-state index contributed by atoms with van der Waals surface area (Å²) in [6, 6.07) is 8.62. The lowest BCUT2D eigenvalue weighted by Crippen LogP contribution is -2.28. The molecular weight excluding hydrogens is 371 g/mol. The van der Waals surface area contributed by atoms with Crippen molar-refractivity contribution in [3.05, 3.63) is 58.9 Å². The fraction of sp³-hybridized carbons (Fsp3) is 0.350. The van der Waals surface area contributed by atoms with Crippen LogP contribution < -0.4 is 10.6 Å². The Labute approximate surface area is 160 Å². The first-order valence-corrected chi connectivity index (χ1v) is 8.91. The molecule has 2 N–H and O–H groups in total. The number of anilines is 1. The van der Waals surface area contributed by atoms with Crippen LogP contribution in [0.25, 0.3) is 0 Å². The first-order valence-electron chi connectivity index (χ1n) is 8.91. The molecule has 1 saturated carbocycles. The summed E-state index contributed by atoms with van der Waals surface area (Å²) in [7, 11) is 0. The van der Waals surface area contributed by atoms with Crippen molar-refractivity contribution in [3.63, 3.8) is 0 Å². The van der Waals surface area contributed by atoms with Crippen LogP contribution in [0.3, 0.4) is 0 Å². The summed E-state index contributed by atoms with van der Waals surface area (Å²) in [5, 5.41) is 5.59. The molecule has 1 atom stereocenters. The molecular formula is C20H20F3N3O2. The molecule has 0 saturated heterocycles. The Kier molecular flexibility index (Phi) is 5.40. The van der Waals surface area contributed by atoms with E-state index in [1.807, 2.05) is 0 Å². The minimum Gasteiger partial charge on any atom is -0.345 e. The van der Waals surface area contributed by atoms with Gasteiger partial charge in [-0.1, -0.05) is 12.1 Å². The summed E-state index contributed by atoms with van der Waals surface area (Å²) >= 11 is 0. The van der Waals surface area contributed by atoms with Crippen LogP contribution in [0.2, 0.25) is 0 Å². The Hall–Kier alpha value is -2.90. The van der Waals surface area contributed by atoms with Gasteiger partial charge in [-0.25, -0.2) is 4.98 Å². The summed E-state index contributed by atoms with van der Waals surface area (Å²) in [5.41, 5.74) is 0.557. The average molecular weight is 391 g/mol. The molecule has 1 heterocycles. The molecule has 0 radical (unpaired) electrons. The molecule has 28 heavy (non-hydrogen) atoms. The molecule has 148 valence electrons. The van der Waals surface area contributed by atoms with E-state index in [9.17, 15) is 22.8 Å². The van der Waals surface area contributed by atoms with E-state index >= 15 is 0 Å². The quantitative estimate of drug-likeness (QED) is 0.801. The molecule has 2 amide bonds. The number of aryl methyl sites for hydroxylation is 1. The lowest BCUT2D eigenvalue weighted by molar-refractivity contribution is -0.141. The monoisotopic (exact) mass is 391 g/mol. The Balaban J connectivity index is 1.64. The van der Waals surface area contributed by atoms with Crippen molar-refractivity contribution in [2.45, 2.75) is 38.9 Å². The predicted octanol–water partition coefficient (Wildman–Crippen LogP) is 4.25. The predicted molar refractivity (Wildman–Crippen MR) is 97.7 cm³/mol. The van der Waals surface area contributed by atoms with E-state index in [0.29, 0.717) is 5.69 Å². The van der Waals surface area contributed by atoms with Gasteiger partial charge in [0.1, 0.15) is 5.69 Å². The van der Waals surface area contributed by atoms with Gasteiger partial charge in [0.05, 0.1) is 17.3 Å². The third-order valence-corrected chi connectivity index (χ3v) is 4.59. The third kappa shape index (κ3) is 4.68. The summed E-state index contributed by atoms with van der Waals surface area (Å²) in [6.07, 6.45) is -2.71. The van der Waals surface area contributed by atoms with E-state index < -0.39 is 17.8 Å². The van der Waals surface area contributed by atoms with E-state index in [1.54, 1.807) is 31.2 Å². The van der Waals surface area contributed by atoms with Crippen LogP contribution in [0.4, 0.5) is 18.9 Å². The zero-order valence-electron chi connectivity index (χ0n) is 15.4. The normalized spacial score (nSPS) is 15.0. The zero-order valence-corrected chi connectivity index (χ0v) is 15.4. The van der Waals surface area contributed by atoms with Gasteiger partial charge in [-0.3, -0.25) is 9.59 Å². The zero-order chi connectivity index (χ0) is 20.5. The van der Waals surface area contributed by atoms with Gasteiger partial charge >= 0.3 is 6.18 Å². The molecule has 1 aliphatic carbocycles. The van der Waals surface area contributed by atoms with E-state index in [0.717, 1.165) is 30.5 Å². The summed E-state index contributed by atoms with van der Waals surface area (Å²) in [6.45, 7) is 3.13. The van der Waals surface area contributed by atoms with Crippen molar-refractivity contribution >= 4 is 17.5 Å². The van der Waals surface area contributed by atoms with Crippen LogP contribution in [-0.4, -0.2) is 16.8 Å². The maximum absolute atomic E-state index is 12.7. The molecule has 5 nitrogen and oxygen atoms in total. The number of carbonyl (C=O) groups excluding carboxylic acids is 2. The highest BCUT2D eigenvalue weighted by molar-refractivity contribution is 5.95. The van der Waals surface area contributed by atoms with Gasteiger partial charge in [0, 0.05) is 11.6 Å². The van der Waals surface area contributed by atoms with Crippen molar-refractivity contribution in [2.24, 2.45) is 5.92 Å². The van der Waals surface area contributed by atoms with Gasteiger partial charge in [0.2, 0.25) is 5.91 Å². The first kappa shape index (κ1) is 19.9. The van der Waals surface area contributed by atoms with Crippen molar-refractivity contribution < 1.29 is 22.8 Å². The highest BCUT2D eigenvalue weighted by atomic mass is 19.4. The number of pyridine rings is 1. The second-order valence-electron chi connectivity index (χ2n) is 6.91. The number of aromatic nitrogens is 1. The number of nitrogens with one attached hydrogen (secondary N) is 2. The van der Waals surface area contributed by atoms with Crippen LogP contribution in [0, 0.1) is 12.8 Å². The van der Waals surface area contributed by atoms with E-state index in [-0.39, 0.29) is 29.1 Å². The number of rotatable bonds is 5. The Morgan fingerprint density at radius 1 is 1.11 bits per heavy atom. The number of carbonyl (C=O) groups is 2. The highest BCUT2D eigenvalue weighted by Crippen LogP contribution is 2.30. The molecule has 0 spiro atoms. The maximum Gasteiger partial charge on any atom is 0.433 e. The fourth-order valence-corrected chi connectivity index (χ4v) is 2.76. The Morgan fingerprint density at radius 3 is 2.29 bits per heavy atom. The second kappa shape index (κ2) is 7.61. The maximum atomic E-state index is 12.7. The van der Waals surface area contributed by atoms with Crippen LogP contribution in [-0.2, 0) is 11.0 Å². The fourth-order valence-electron chi connectivity index (χ4n) is 2.76. The minimum atomic E-state index is -4.55. The molecule has 8 heteroatoms. The van der Waals surface area contributed by atoms with Crippen molar-refractivity contribution in [2.75, 3.05) is 5.32 Å². The first-order chi connectivity index (χ1) is 13.1. The third-order valence-electron chi connectivity index (χ3n) is 4.59. The summed E-state index contributed by atoms with van der Waals surface area (Å²) < 4.78 is 38.1. The number of benzene rings is 1. The molecule has 1 aromatic heterocycles. The van der Waals surface area contributed by atoms with Crippen molar-refractivity contribution in [1.82, 2.24) is 10.3 Å². The standard InChI is InChI=1S/C20H20F3N3O2/c1-11(13-5-7-15(8-6-13)26-18(27)14-3-4-14)25-19(28)16-9-10-17(20(21,22)23)24-12(16)2/h5-11,14H,3-4H2,1-2H3,(H,25,28)(H,26,27). The van der Waals surface area contributed by atoms with E-state index in [2.05, 4.69) is 15.6 Å². The van der Waals surface area contributed by atoms with Gasteiger partial charge in [0.15, 0.2) is 0 Å². The number of amides is 2. The molecule has 3 rings (SSSR count). The molecule has 2 aromatic rings. The highest BCUT2D eigenvalue weighted by Gasteiger charge is 2.33. The van der Waals surface area contributed by atoms with Crippen LogP contribution in [0.15, 0.2) is 36.4 Å². The van der Waals surface area contributed by atoms with Gasteiger partial charge < -0.3 is 10.6 Å². The number of nitrogens with zero attached hydrogens (tertiary/aromatic N) is 1. The van der Waals surface area contributed by atoms with E-state index in [1.165, 1.54) is 6.92 Å². The SMILES string of the molecule is Cc1nc(C(F)(F)F)ccc1C(=O)NC(C)c1ccc(NC(=O)C2CC2)cc1. The smallest absolute Gasteiger partial charge is 0.345 e. The largest absolute Gasteiger partial charge is 0.433 e. The van der Waals surface area contributed by atoms with Gasteiger partial charge in [-0.15, -0.1) is 0 Å². The average Bonchev–Trinajstić information content (AvgIpc) is 3.46. The number of alkyl halides is 3. The van der Waals surface area contributed by atoms with Gasteiger partial charge in [0.25, 0.3) is 5.91 Å². The van der Waals surface area contributed by atoms with Crippen molar-refractivity contribution in [1.29, 1.82) is 0 Å². The molecule has 1 fully saturated rings. The lowest BCUT2D eigenvalue weighted by Gasteiger charge is -2.16. The molecule has 1 unspecified atom stereocenters. The van der Waals surface area contributed by atoms with E-state index in [4.69, 9.17) is 0 Å². The summed E-state index contributed by atoms with van der Waals surface area (Å²) in [5.74, 6) is -0.379. The van der Waals surface area contributed by atoms with Crippen LogP contribution >= 0.6 is 0 Å². The van der Waals surface area contributed by atoms with Gasteiger partial charge in [-0.05, 0) is 56.5 Å². The topological polar surface area (TPSA) is 71.1 Å². The Morgan fingerprint density at radius 2 is 1.75 bits per heavy atom. The van der Waals surface area contributed by atoms with Crippen LogP contribution in [0.5, 0.6) is 0 Å². The molecule has 1 aliphatic rings. The van der Waals surface area contributed by atoms with Crippen molar-refractivity contribution in [3.8, 4) is 0 Å². The Bertz CT molecular complexity index is 891. The number of hydrogen-bond acceptors (Lipinski definition) is 3. The van der Waals surface area contributed by atoms with Gasteiger partial charge in [-0.2, -0.15) is 13.2 Å². The number of halogens is 3. The number of hydrogen-bond donors (Lipinski definition) is 2. The van der Waals surface area contributed by atoms with Crippen LogP contribution in [0.1, 0.15) is 53.1 Å².